The predicted molar refractivity (Wildman–Crippen MR) is 123 cm³/mol. The summed E-state index contributed by atoms with van der Waals surface area (Å²) >= 11 is 0. The second-order valence-electron chi connectivity index (χ2n) is 8.32. The molecule has 31 heavy (non-hydrogen) atoms. The van der Waals surface area contributed by atoms with Gasteiger partial charge in [-0.15, -0.1) is 0 Å². The number of benzene rings is 2. The second kappa shape index (κ2) is 10.8. The van der Waals surface area contributed by atoms with Gasteiger partial charge in [-0.05, 0) is 42.3 Å². The number of hydrogen-bond acceptors (Lipinski definition) is 5. The van der Waals surface area contributed by atoms with Crippen LogP contribution in [-0.2, 0) is 17.8 Å². The number of fused-ring (bicyclic) bond motifs is 1. The molecule has 1 atom stereocenters. The Kier molecular flexibility index (Phi) is 7.59. The van der Waals surface area contributed by atoms with Gasteiger partial charge in [-0.3, -0.25) is 9.80 Å². The molecular formula is C25H33N3O3. The molecule has 1 aromatic heterocycles. The summed E-state index contributed by atoms with van der Waals surface area (Å²) in [6.45, 7) is 7.23. The van der Waals surface area contributed by atoms with E-state index in [2.05, 4.69) is 44.7 Å². The Morgan fingerprint density at radius 1 is 1.06 bits per heavy atom. The molecule has 0 radical (unpaired) electrons. The van der Waals surface area contributed by atoms with Crippen LogP contribution in [0.2, 0.25) is 0 Å². The van der Waals surface area contributed by atoms with Crippen molar-refractivity contribution >= 4 is 10.9 Å². The minimum absolute atomic E-state index is 0.427. The van der Waals surface area contributed by atoms with E-state index >= 15 is 0 Å². The third-order valence-electron chi connectivity index (χ3n) is 5.77. The number of hydrogen-bond donors (Lipinski definition) is 1. The van der Waals surface area contributed by atoms with Crippen LogP contribution >= 0.6 is 0 Å². The van der Waals surface area contributed by atoms with E-state index in [4.69, 9.17) is 9.47 Å². The fraction of sp³-hybridized carbons (Fsp3) is 0.440. The molecule has 1 aliphatic heterocycles. The first-order chi connectivity index (χ1) is 15.2. The number of rotatable bonds is 10. The lowest BCUT2D eigenvalue weighted by Crippen LogP contribution is -2.38. The summed E-state index contributed by atoms with van der Waals surface area (Å²) in [7, 11) is 2.05. The Morgan fingerprint density at radius 2 is 1.84 bits per heavy atom. The quantitative estimate of drug-likeness (QED) is 0.544. The number of aliphatic hydroxyl groups excluding tert-OH is 1. The van der Waals surface area contributed by atoms with E-state index < -0.39 is 6.10 Å². The topological polar surface area (TPSA) is 50.1 Å². The van der Waals surface area contributed by atoms with Crippen molar-refractivity contribution in [3.8, 4) is 5.75 Å². The summed E-state index contributed by atoms with van der Waals surface area (Å²) in [5.41, 5.74) is 2.37. The van der Waals surface area contributed by atoms with Crippen molar-refractivity contribution in [2.45, 2.75) is 19.2 Å². The van der Waals surface area contributed by atoms with E-state index in [1.165, 1.54) is 10.9 Å². The number of likely N-dealkylation sites (N-methyl/N-ethyl adjacent to an activating group) is 1. The molecule has 2 aromatic carbocycles. The number of aliphatic hydroxyl groups is 1. The average Bonchev–Trinajstić information content (AvgIpc) is 3.18. The van der Waals surface area contributed by atoms with E-state index in [1.54, 1.807) is 0 Å². The van der Waals surface area contributed by atoms with E-state index in [1.807, 2.05) is 37.5 Å². The normalized spacial score (nSPS) is 16.1. The first kappa shape index (κ1) is 21.8. The lowest BCUT2D eigenvalue weighted by molar-refractivity contribution is 0.0322. The van der Waals surface area contributed by atoms with Gasteiger partial charge in [0.05, 0.1) is 19.3 Å². The monoisotopic (exact) mass is 423 g/mol. The highest BCUT2D eigenvalue weighted by Crippen LogP contribution is 2.16. The van der Waals surface area contributed by atoms with Crippen LogP contribution < -0.4 is 4.74 Å². The molecule has 6 heteroatoms. The number of ether oxygens (including phenoxy) is 2. The summed E-state index contributed by atoms with van der Waals surface area (Å²) in [6, 6.07) is 18.6. The van der Waals surface area contributed by atoms with Gasteiger partial charge in [0.25, 0.3) is 0 Å². The van der Waals surface area contributed by atoms with Gasteiger partial charge in [0.2, 0.25) is 0 Å². The highest BCUT2D eigenvalue weighted by molar-refractivity contribution is 5.79. The summed E-state index contributed by atoms with van der Waals surface area (Å²) in [5, 5.41) is 11.8. The molecule has 1 aliphatic rings. The minimum atomic E-state index is -0.427. The third kappa shape index (κ3) is 6.31. The maximum Gasteiger partial charge on any atom is 0.119 e. The summed E-state index contributed by atoms with van der Waals surface area (Å²) in [5.74, 6) is 0.902. The van der Waals surface area contributed by atoms with Crippen LogP contribution in [0, 0.1) is 0 Å². The summed E-state index contributed by atoms with van der Waals surface area (Å²) < 4.78 is 13.4. The number of nitrogens with zero attached hydrogens (tertiary/aromatic N) is 3. The Hall–Kier alpha value is -2.38. The van der Waals surface area contributed by atoms with Crippen LogP contribution in [0.3, 0.4) is 0 Å². The molecule has 6 nitrogen and oxygen atoms in total. The first-order valence-corrected chi connectivity index (χ1v) is 11.1. The van der Waals surface area contributed by atoms with Crippen LogP contribution in [0.4, 0.5) is 0 Å². The molecule has 0 unspecified atom stereocenters. The fourth-order valence-corrected chi connectivity index (χ4v) is 4.13. The van der Waals surface area contributed by atoms with E-state index in [9.17, 15) is 5.11 Å². The van der Waals surface area contributed by atoms with Crippen LogP contribution in [0.15, 0.2) is 60.8 Å². The molecule has 1 N–H and O–H groups in total. The van der Waals surface area contributed by atoms with Crippen molar-refractivity contribution in [1.82, 2.24) is 14.4 Å². The van der Waals surface area contributed by atoms with Gasteiger partial charge in [-0.1, -0.05) is 30.3 Å². The largest absolute Gasteiger partial charge is 0.492 e. The molecular weight excluding hydrogens is 390 g/mol. The average molecular weight is 424 g/mol. The smallest absolute Gasteiger partial charge is 0.119 e. The fourth-order valence-electron chi connectivity index (χ4n) is 4.13. The van der Waals surface area contributed by atoms with Crippen molar-refractivity contribution in [2.24, 2.45) is 0 Å². The summed E-state index contributed by atoms with van der Waals surface area (Å²) in [6.07, 6.45) is 1.62. The van der Waals surface area contributed by atoms with Crippen molar-refractivity contribution in [1.29, 1.82) is 0 Å². The molecule has 4 rings (SSSR count). The molecule has 0 saturated carbocycles. The maximum absolute atomic E-state index is 10.6. The molecule has 1 fully saturated rings. The molecule has 3 aromatic rings. The second-order valence-corrected chi connectivity index (χ2v) is 8.32. The van der Waals surface area contributed by atoms with Gasteiger partial charge in [0.15, 0.2) is 0 Å². The van der Waals surface area contributed by atoms with Crippen molar-refractivity contribution in [3.63, 3.8) is 0 Å². The Labute approximate surface area is 184 Å². The highest BCUT2D eigenvalue weighted by Gasteiger charge is 2.12. The van der Waals surface area contributed by atoms with Gasteiger partial charge < -0.3 is 19.1 Å². The number of morpholine rings is 1. The van der Waals surface area contributed by atoms with Crippen LogP contribution in [-0.4, -0.2) is 78.6 Å². The Morgan fingerprint density at radius 3 is 2.65 bits per heavy atom. The minimum Gasteiger partial charge on any atom is -0.492 e. The highest BCUT2D eigenvalue weighted by atomic mass is 16.5. The Balaban J connectivity index is 1.20. The van der Waals surface area contributed by atoms with Crippen molar-refractivity contribution in [3.05, 3.63) is 66.4 Å². The zero-order chi connectivity index (χ0) is 21.5. The molecule has 0 amide bonds. The lowest BCUT2D eigenvalue weighted by Gasteiger charge is -2.26. The lowest BCUT2D eigenvalue weighted by atomic mass is 10.2. The Bertz CT molecular complexity index is 935. The van der Waals surface area contributed by atoms with Crippen molar-refractivity contribution < 1.29 is 14.6 Å². The molecule has 0 aliphatic carbocycles. The van der Waals surface area contributed by atoms with Crippen molar-refractivity contribution in [2.75, 3.05) is 53.0 Å². The first-order valence-electron chi connectivity index (χ1n) is 11.1. The molecule has 0 bridgehead atoms. The number of aromatic nitrogens is 1. The van der Waals surface area contributed by atoms with Crippen LogP contribution in [0.5, 0.6) is 5.75 Å². The van der Waals surface area contributed by atoms with Crippen LogP contribution in [0.25, 0.3) is 10.9 Å². The summed E-state index contributed by atoms with van der Waals surface area (Å²) in [4.78, 5) is 4.53. The standard InChI is InChI=1S/C25H33N3O3/c1-26(19-23(29)20-28-11-10-22-4-2-3-5-25(22)28)18-21-6-8-24(9-7-21)31-17-14-27-12-15-30-16-13-27/h2-11,23,29H,12-20H2,1H3/t23-/m0/s1. The zero-order valence-corrected chi connectivity index (χ0v) is 18.3. The van der Waals surface area contributed by atoms with E-state index in [0.29, 0.717) is 19.7 Å². The molecule has 166 valence electrons. The van der Waals surface area contributed by atoms with Gasteiger partial charge in [0.1, 0.15) is 12.4 Å². The predicted octanol–water partition coefficient (Wildman–Crippen LogP) is 2.85. The SMILES string of the molecule is CN(Cc1ccc(OCCN2CCOCC2)cc1)C[C@H](O)Cn1ccc2ccccc21. The zero-order valence-electron chi connectivity index (χ0n) is 18.3. The number of para-hydroxylation sites is 1. The van der Waals surface area contributed by atoms with Gasteiger partial charge in [-0.25, -0.2) is 0 Å². The third-order valence-corrected chi connectivity index (χ3v) is 5.77. The van der Waals surface area contributed by atoms with Gasteiger partial charge in [-0.2, -0.15) is 0 Å². The van der Waals surface area contributed by atoms with Gasteiger partial charge >= 0.3 is 0 Å². The molecule has 2 heterocycles. The molecule has 0 spiro atoms. The van der Waals surface area contributed by atoms with E-state index in [-0.39, 0.29) is 0 Å². The molecule has 1 saturated heterocycles. The van der Waals surface area contributed by atoms with E-state index in [0.717, 1.165) is 50.7 Å². The maximum atomic E-state index is 10.6. The van der Waals surface area contributed by atoms with Gasteiger partial charge in [0, 0.05) is 51.0 Å². The van der Waals surface area contributed by atoms with Crippen LogP contribution in [0.1, 0.15) is 5.56 Å².